The van der Waals surface area contributed by atoms with Gasteiger partial charge in [-0.25, -0.2) is 8.78 Å². The van der Waals surface area contributed by atoms with Crippen molar-refractivity contribution in [3.05, 3.63) is 65.2 Å². The monoisotopic (exact) mass is 361 g/mol. The van der Waals surface area contributed by atoms with Crippen LogP contribution >= 0.6 is 0 Å². The van der Waals surface area contributed by atoms with Gasteiger partial charge in [0.1, 0.15) is 23.4 Å². The fourth-order valence-electron chi connectivity index (χ4n) is 2.94. The summed E-state index contributed by atoms with van der Waals surface area (Å²) in [5, 5.41) is 4.23. The van der Waals surface area contributed by atoms with E-state index in [1.54, 1.807) is 0 Å². The van der Waals surface area contributed by atoms with E-state index in [4.69, 9.17) is 0 Å². The molecule has 0 bridgehead atoms. The zero-order valence-corrected chi connectivity index (χ0v) is 15.7. The van der Waals surface area contributed by atoms with Crippen LogP contribution in [0.25, 0.3) is 0 Å². The van der Waals surface area contributed by atoms with E-state index >= 15 is 0 Å². The van der Waals surface area contributed by atoms with Gasteiger partial charge in [-0.05, 0) is 23.6 Å². The molecule has 26 heavy (non-hydrogen) atoms. The molecule has 0 saturated heterocycles. The highest BCUT2D eigenvalue weighted by Gasteiger charge is 2.21. The van der Waals surface area contributed by atoms with Crippen LogP contribution in [-0.2, 0) is 4.79 Å². The number of carbonyl (C=O) groups is 1. The normalized spacial score (nSPS) is 12.5. The summed E-state index contributed by atoms with van der Waals surface area (Å²) in [6, 6.07) is 12.0. The smallest absolute Gasteiger partial charge is 0.279 e. The van der Waals surface area contributed by atoms with Gasteiger partial charge in [0.05, 0.1) is 0 Å². The summed E-state index contributed by atoms with van der Waals surface area (Å²) >= 11 is 0. The van der Waals surface area contributed by atoms with Gasteiger partial charge in [0, 0.05) is 11.5 Å². The van der Waals surface area contributed by atoms with Crippen molar-refractivity contribution in [1.82, 2.24) is 0 Å². The molecular weight excluding hydrogens is 334 g/mol. The molecule has 2 aromatic carbocycles. The van der Waals surface area contributed by atoms with Crippen LogP contribution in [-0.4, -0.2) is 12.5 Å². The van der Waals surface area contributed by atoms with Gasteiger partial charge in [0.2, 0.25) is 0 Å². The first kappa shape index (κ1) is 20.0. The Bertz CT molecular complexity index is 722. The van der Waals surface area contributed by atoms with E-state index in [0.717, 1.165) is 17.7 Å². The zero-order chi connectivity index (χ0) is 19.3. The molecule has 3 nitrogen and oxygen atoms in total. The number of halogens is 2. The van der Waals surface area contributed by atoms with Gasteiger partial charge >= 0.3 is 0 Å². The van der Waals surface area contributed by atoms with Crippen LogP contribution in [0.5, 0.6) is 0 Å². The summed E-state index contributed by atoms with van der Waals surface area (Å²) in [5.41, 5.74) is 2.01. The maximum Gasteiger partial charge on any atom is 0.279 e. The zero-order valence-electron chi connectivity index (χ0n) is 15.7. The van der Waals surface area contributed by atoms with Crippen molar-refractivity contribution in [2.75, 3.05) is 11.9 Å². The van der Waals surface area contributed by atoms with Crippen molar-refractivity contribution >= 4 is 11.6 Å². The number of nitrogens with one attached hydrogen (secondary N) is 1. The number of hydrogen-bond acceptors (Lipinski definition) is 1. The molecule has 3 N–H and O–H groups in total. The van der Waals surface area contributed by atoms with E-state index in [9.17, 15) is 13.6 Å². The molecule has 1 atom stereocenters. The Balaban J connectivity index is 2.03. The van der Waals surface area contributed by atoms with Crippen LogP contribution in [0, 0.1) is 17.6 Å². The summed E-state index contributed by atoms with van der Waals surface area (Å²) < 4.78 is 27.3. The number of quaternary nitrogens is 1. The van der Waals surface area contributed by atoms with Gasteiger partial charge in [-0.1, -0.05) is 58.0 Å². The average molecular weight is 361 g/mol. The lowest BCUT2D eigenvalue weighted by Crippen LogP contribution is -2.88. The highest BCUT2D eigenvalue weighted by atomic mass is 19.1. The molecule has 1 amide bonds. The molecule has 0 radical (unpaired) electrons. The van der Waals surface area contributed by atoms with Gasteiger partial charge in [-0.3, -0.25) is 4.79 Å². The van der Waals surface area contributed by atoms with Crippen LogP contribution < -0.4 is 10.6 Å². The van der Waals surface area contributed by atoms with Crippen LogP contribution in [0.4, 0.5) is 14.5 Å². The van der Waals surface area contributed by atoms with Crippen molar-refractivity contribution in [2.24, 2.45) is 5.92 Å². The van der Waals surface area contributed by atoms with E-state index in [-0.39, 0.29) is 12.6 Å². The molecule has 0 heterocycles. The van der Waals surface area contributed by atoms with Gasteiger partial charge < -0.3 is 10.6 Å². The van der Waals surface area contributed by atoms with E-state index in [1.807, 2.05) is 5.32 Å². The lowest BCUT2D eigenvalue weighted by molar-refractivity contribution is -0.692. The summed E-state index contributed by atoms with van der Waals surface area (Å²) in [7, 11) is 0. The largest absolute Gasteiger partial charge is 0.332 e. The number of carbonyl (C=O) groups excluding carboxylic acids is 1. The number of hydrogen-bond donors (Lipinski definition) is 2. The Morgan fingerprint density at radius 1 is 0.962 bits per heavy atom. The van der Waals surface area contributed by atoms with Crippen molar-refractivity contribution < 1.29 is 18.9 Å². The van der Waals surface area contributed by atoms with E-state index in [2.05, 4.69) is 57.3 Å². The summed E-state index contributed by atoms with van der Waals surface area (Å²) in [6.45, 7) is 8.56. The molecular formula is C21H27F2N2O+. The molecule has 0 unspecified atom stereocenters. The fourth-order valence-corrected chi connectivity index (χ4v) is 2.94. The van der Waals surface area contributed by atoms with Gasteiger partial charge in [-0.2, -0.15) is 0 Å². The molecule has 0 aliphatic heterocycles. The van der Waals surface area contributed by atoms with Gasteiger partial charge in [0.25, 0.3) is 5.91 Å². The number of benzene rings is 2. The number of para-hydroxylation sites is 1. The Kier molecular flexibility index (Phi) is 6.86. The standard InChI is InChI=1S/C21H26F2N2O/c1-13(2)15-8-10-16(11-9-15)20(14(3)4)24-12-19(26)25-21-17(22)6-5-7-18(21)23/h5-11,13-14,20,24H,12H2,1-4H3,(H,25,26)/p+1/t20-/m0/s1. The first-order valence-corrected chi connectivity index (χ1v) is 8.96. The Hall–Kier alpha value is -2.27. The van der Waals surface area contributed by atoms with Crippen LogP contribution in [0.15, 0.2) is 42.5 Å². The third kappa shape index (κ3) is 5.11. The predicted molar refractivity (Wildman–Crippen MR) is 99.9 cm³/mol. The third-order valence-corrected chi connectivity index (χ3v) is 4.49. The molecule has 0 aliphatic carbocycles. The van der Waals surface area contributed by atoms with E-state index in [1.165, 1.54) is 11.6 Å². The average Bonchev–Trinajstić information content (AvgIpc) is 2.58. The highest BCUT2D eigenvalue weighted by Crippen LogP contribution is 2.21. The second kappa shape index (κ2) is 8.90. The van der Waals surface area contributed by atoms with Gasteiger partial charge in [0.15, 0.2) is 6.54 Å². The Labute approximate surface area is 153 Å². The van der Waals surface area contributed by atoms with Crippen LogP contribution in [0.3, 0.4) is 0 Å². The first-order valence-electron chi connectivity index (χ1n) is 8.96. The van der Waals surface area contributed by atoms with E-state index < -0.39 is 23.2 Å². The second-order valence-electron chi connectivity index (χ2n) is 7.18. The van der Waals surface area contributed by atoms with Crippen molar-refractivity contribution in [3.8, 4) is 0 Å². The molecule has 2 rings (SSSR count). The predicted octanol–water partition coefficient (Wildman–Crippen LogP) is 3.99. The number of rotatable bonds is 7. The van der Waals surface area contributed by atoms with Crippen molar-refractivity contribution in [2.45, 2.75) is 39.7 Å². The summed E-state index contributed by atoms with van der Waals surface area (Å²) in [4.78, 5) is 12.1. The summed E-state index contributed by atoms with van der Waals surface area (Å²) in [6.07, 6.45) is 0. The Morgan fingerprint density at radius 2 is 1.50 bits per heavy atom. The quantitative estimate of drug-likeness (QED) is 0.770. The molecule has 0 fully saturated rings. The first-order chi connectivity index (χ1) is 12.3. The fraction of sp³-hybridized carbons (Fsp3) is 0.381. The molecule has 5 heteroatoms. The molecule has 140 valence electrons. The highest BCUT2D eigenvalue weighted by molar-refractivity contribution is 5.91. The minimum atomic E-state index is -0.775. The van der Waals surface area contributed by atoms with Crippen molar-refractivity contribution in [1.29, 1.82) is 0 Å². The number of nitrogens with two attached hydrogens (primary N) is 1. The lowest BCUT2D eigenvalue weighted by Gasteiger charge is -2.20. The molecule has 0 saturated carbocycles. The minimum absolute atomic E-state index is 0.0859. The number of anilines is 1. The molecule has 2 aromatic rings. The minimum Gasteiger partial charge on any atom is -0.332 e. The van der Waals surface area contributed by atoms with Crippen LogP contribution in [0.1, 0.15) is 50.8 Å². The third-order valence-electron chi connectivity index (χ3n) is 4.49. The SMILES string of the molecule is CC(C)c1ccc([C@@H]([NH2+]CC(=O)Nc2c(F)cccc2F)C(C)C)cc1. The van der Waals surface area contributed by atoms with E-state index in [0.29, 0.717) is 11.8 Å². The maximum absolute atomic E-state index is 13.6. The topological polar surface area (TPSA) is 45.7 Å². The lowest BCUT2D eigenvalue weighted by atomic mass is 9.93. The second-order valence-corrected chi connectivity index (χ2v) is 7.18. The maximum atomic E-state index is 13.6. The molecule has 0 aromatic heterocycles. The molecule has 0 spiro atoms. The van der Waals surface area contributed by atoms with Crippen LogP contribution in [0.2, 0.25) is 0 Å². The molecule has 0 aliphatic rings. The summed E-state index contributed by atoms with van der Waals surface area (Å²) in [5.74, 6) is -1.21. The van der Waals surface area contributed by atoms with Gasteiger partial charge in [-0.15, -0.1) is 0 Å². The Morgan fingerprint density at radius 3 is 2.00 bits per heavy atom. The van der Waals surface area contributed by atoms with Crippen molar-refractivity contribution in [3.63, 3.8) is 0 Å². The number of amides is 1.